The van der Waals surface area contributed by atoms with Gasteiger partial charge in [-0.1, -0.05) is 0 Å². The Labute approximate surface area is 166 Å². The van der Waals surface area contributed by atoms with Crippen LogP contribution in [0.15, 0.2) is 0 Å². The zero-order valence-corrected chi connectivity index (χ0v) is 20.4. The van der Waals surface area contributed by atoms with E-state index in [1.165, 1.54) is 96.3 Å². The molecule has 0 saturated carbocycles. The van der Waals surface area contributed by atoms with Gasteiger partial charge in [0.2, 0.25) is 0 Å². The van der Waals surface area contributed by atoms with Gasteiger partial charge in [-0.2, -0.15) is 0 Å². The second kappa shape index (κ2) is 22.6. The van der Waals surface area contributed by atoms with Crippen LogP contribution >= 0.6 is 0 Å². The van der Waals surface area contributed by atoms with Crippen LogP contribution in [0.4, 0.5) is 0 Å². The monoisotopic (exact) mass is 413 g/mol. The summed E-state index contributed by atoms with van der Waals surface area (Å²) < 4.78 is 0. The summed E-state index contributed by atoms with van der Waals surface area (Å²) in [5, 5.41) is 5.07. The van der Waals surface area contributed by atoms with Crippen LogP contribution < -0.4 is 0 Å². The zero-order valence-electron chi connectivity index (χ0n) is 18.3. The van der Waals surface area contributed by atoms with Gasteiger partial charge in [-0.15, -0.1) is 0 Å². The molecule has 0 aliphatic rings. The molecule has 0 fully saturated rings. The van der Waals surface area contributed by atoms with Crippen LogP contribution in [-0.2, 0) is 0 Å². The van der Waals surface area contributed by atoms with Gasteiger partial charge in [0.25, 0.3) is 0 Å². The summed E-state index contributed by atoms with van der Waals surface area (Å²) in [6.45, 7) is 6.97. The Morgan fingerprint density at radius 1 is 0.320 bits per heavy atom. The summed E-state index contributed by atoms with van der Waals surface area (Å²) in [6, 6.07) is 0. The molecule has 0 amide bonds. The Kier molecular flexibility index (Phi) is 23.1. The summed E-state index contributed by atoms with van der Waals surface area (Å²) in [6.07, 6.45) is 26.8. The van der Waals surface area contributed by atoms with E-state index in [0.29, 0.717) is 0 Å². The molecular weight excluding hydrogens is 361 g/mol. The van der Waals surface area contributed by atoms with Crippen LogP contribution in [0.1, 0.15) is 136 Å². The molecule has 0 spiro atoms. The first kappa shape index (κ1) is 25.5. The summed E-state index contributed by atoms with van der Waals surface area (Å²) in [5.74, 6) is 0. The van der Waals surface area contributed by atoms with E-state index in [1.807, 2.05) is 0 Å². The summed E-state index contributed by atoms with van der Waals surface area (Å²) in [4.78, 5) is 0. The third kappa shape index (κ3) is 20.7. The van der Waals surface area contributed by atoms with Crippen molar-refractivity contribution in [2.75, 3.05) is 0 Å². The normalized spacial score (nSPS) is 11.5. The molecule has 0 atom stereocenters. The van der Waals surface area contributed by atoms with Crippen molar-refractivity contribution in [3.63, 3.8) is 0 Å². The molecule has 0 bridgehead atoms. The van der Waals surface area contributed by atoms with Crippen LogP contribution in [0.5, 0.6) is 0 Å². The maximum atomic E-state index is 2.32. The van der Waals surface area contributed by atoms with Gasteiger partial charge >= 0.3 is 166 Å². The second-order valence-electron chi connectivity index (χ2n) is 8.30. The van der Waals surface area contributed by atoms with Gasteiger partial charge in [-0.3, -0.25) is 0 Å². The Morgan fingerprint density at radius 2 is 0.560 bits per heavy atom. The molecule has 1 radical (unpaired) electrons. The van der Waals surface area contributed by atoms with E-state index < -0.39 is 14.3 Å². The second-order valence-corrected chi connectivity index (χ2v) is 14.6. The average Bonchev–Trinajstić information content (AvgIpc) is 2.63. The summed E-state index contributed by atoms with van der Waals surface area (Å²) >= 11 is -0.701. The third-order valence-corrected chi connectivity index (χ3v) is 12.3. The molecule has 0 saturated heterocycles. The van der Waals surface area contributed by atoms with E-state index in [-0.39, 0.29) is 0 Å². The predicted molar refractivity (Wildman–Crippen MR) is 120 cm³/mol. The summed E-state index contributed by atoms with van der Waals surface area (Å²) in [7, 11) is 0. The van der Waals surface area contributed by atoms with Crippen molar-refractivity contribution in [2.24, 2.45) is 0 Å². The van der Waals surface area contributed by atoms with Crippen molar-refractivity contribution in [3.8, 4) is 0 Å². The quantitative estimate of drug-likeness (QED) is 0.130. The maximum absolute atomic E-state index is 2.32. The van der Waals surface area contributed by atoms with Crippen LogP contribution in [0.3, 0.4) is 0 Å². The zero-order chi connectivity index (χ0) is 18.4. The molecule has 1 heteroatoms. The van der Waals surface area contributed by atoms with Gasteiger partial charge in [0.1, 0.15) is 0 Å². The van der Waals surface area contributed by atoms with Gasteiger partial charge in [0.15, 0.2) is 0 Å². The summed E-state index contributed by atoms with van der Waals surface area (Å²) in [5.41, 5.74) is 0. The van der Waals surface area contributed by atoms with Crippen molar-refractivity contribution in [1.29, 1.82) is 0 Å². The topological polar surface area (TPSA) is 0 Å². The molecule has 151 valence electrons. The van der Waals surface area contributed by atoms with Gasteiger partial charge < -0.3 is 0 Å². The SMILES string of the molecule is CCCCCCC[CH2][Ge]([CH2]CCCCCCC)[CH2]CCCCCCC. The van der Waals surface area contributed by atoms with Crippen LogP contribution in [-0.4, -0.2) is 14.3 Å². The molecule has 0 heterocycles. The van der Waals surface area contributed by atoms with Crippen molar-refractivity contribution < 1.29 is 0 Å². The molecule has 0 rings (SSSR count). The molecule has 0 aromatic rings. The first-order valence-corrected chi connectivity index (χ1v) is 16.6. The predicted octanol–water partition coefficient (Wildman–Crippen LogP) is 9.56. The molecule has 0 aromatic carbocycles. The van der Waals surface area contributed by atoms with Crippen molar-refractivity contribution in [2.45, 2.75) is 152 Å². The Balaban J connectivity index is 3.76. The Hall–Kier alpha value is 0.543. The molecule has 0 aliphatic carbocycles. The van der Waals surface area contributed by atoms with Gasteiger partial charge in [0, 0.05) is 0 Å². The third-order valence-electron chi connectivity index (χ3n) is 5.65. The molecule has 0 nitrogen and oxygen atoms in total. The number of unbranched alkanes of at least 4 members (excludes halogenated alkanes) is 15. The average molecular weight is 412 g/mol. The van der Waals surface area contributed by atoms with Gasteiger partial charge in [-0.05, 0) is 0 Å². The fraction of sp³-hybridized carbons (Fsp3) is 1.00. The van der Waals surface area contributed by atoms with E-state index >= 15 is 0 Å². The molecule has 25 heavy (non-hydrogen) atoms. The van der Waals surface area contributed by atoms with Crippen molar-refractivity contribution in [3.05, 3.63) is 0 Å². The first-order chi connectivity index (χ1) is 12.3. The standard InChI is InChI=1S/C24H51Ge/c1-4-7-10-13-16-19-22-25(23-20-17-14-11-8-5-2)24-21-18-15-12-9-6-3/h4-24H2,1-3H3. The van der Waals surface area contributed by atoms with E-state index in [0.717, 1.165) is 0 Å². The van der Waals surface area contributed by atoms with Crippen molar-refractivity contribution >= 4 is 14.3 Å². The van der Waals surface area contributed by atoms with Crippen molar-refractivity contribution in [1.82, 2.24) is 0 Å². The van der Waals surface area contributed by atoms with E-state index in [9.17, 15) is 0 Å². The van der Waals surface area contributed by atoms with Crippen LogP contribution in [0, 0.1) is 0 Å². The molecule has 0 N–H and O–H groups in total. The fourth-order valence-corrected chi connectivity index (χ4v) is 10.1. The van der Waals surface area contributed by atoms with Crippen LogP contribution in [0.25, 0.3) is 0 Å². The number of hydrogen-bond donors (Lipinski definition) is 0. The number of hydrogen-bond acceptors (Lipinski definition) is 0. The van der Waals surface area contributed by atoms with Gasteiger partial charge in [-0.25, -0.2) is 0 Å². The van der Waals surface area contributed by atoms with E-state index in [1.54, 1.807) is 35.0 Å². The number of rotatable bonds is 21. The fourth-order valence-electron chi connectivity index (χ4n) is 3.84. The Morgan fingerprint density at radius 3 is 0.840 bits per heavy atom. The van der Waals surface area contributed by atoms with Gasteiger partial charge in [0.05, 0.1) is 0 Å². The van der Waals surface area contributed by atoms with E-state index in [4.69, 9.17) is 0 Å². The molecule has 0 aliphatic heterocycles. The molecule has 0 unspecified atom stereocenters. The van der Waals surface area contributed by atoms with E-state index in [2.05, 4.69) is 20.8 Å². The Bertz CT molecular complexity index is 188. The first-order valence-electron chi connectivity index (χ1n) is 12.2. The minimum atomic E-state index is -0.701. The minimum absolute atomic E-state index is 0.701. The molecular formula is C24H51Ge. The van der Waals surface area contributed by atoms with Crippen LogP contribution in [0.2, 0.25) is 15.8 Å². The molecule has 0 aromatic heterocycles.